The van der Waals surface area contributed by atoms with Crippen molar-refractivity contribution in [1.29, 1.82) is 0 Å². The van der Waals surface area contributed by atoms with E-state index >= 15 is 0 Å². The highest BCUT2D eigenvalue weighted by atomic mass is 16.2. The largest absolute Gasteiger partial charge is 0.336 e. The number of carbonyl (C=O) groups is 1. The molecule has 76 valence electrons. The maximum absolute atomic E-state index is 11.9. The molecule has 0 aromatic carbocycles. The Balaban J connectivity index is 2.37. The smallest absolute Gasteiger partial charge is 0.257 e. The van der Waals surface area contributed by atoms with E-state index in [2.05, 4.69) is 5.10 Å². The third-order valence-corrected chi connectivity index (χ3v) is 2.77. The molecule has 0 saturated heterocycles. The molecule has 4 heteroatoms. The molecule has 2 rings (SSSR count). The number of aryl methyl sites for hydroxylation is 1. The molecule has 0 spiro atoms. The first kappa shape index (κ1) is 9.24. The van der Waals surface area contributed by atoms with Gasteiger partial charge in [0.05, 0.1) is 17.5 Å². The highest BCUT2D eigenvalue weighted by Crippen LogP contribution is 2.19. The number of nitrogens with zero attached hydrogens (tertiary/aromatic N) is 3. The Hall–Kier alpha value is -1.32. The number of carbonyl (C=O) groups excluding carboxylic acids is 1. The van der Waals surface area contributed by atoms with Crippen LogP contribution >= 0.6 is 0 Å². The molecule has 0 bridgehead atoms. The highest BCUT2D eigenvalue weighted by Gasteiger charge is 2.28. The molecule has 0 saturated carbocycles. The van der Waals surface area contributed by atoms with Gasteiger partial charge in [-0.15, -0.1) is 0 Å². The minimum atomic E-state index is 0.120. The van der Waals surface area contributed by atoms with Gasteiger partial charge >= 0.3 is 0 Å². The monoisotopic (exact) mass is 193 g/mol. The van der Waals surface area contributed by atoms with E-state index < -0.39 is 0 Å². The van der Waals surface area contributed by atoms with Crippen LogP contribution in [0.2, 0.25) is 0 Å². The van der Waals surface area contributed by atoms with E-state index in [0.717, 1.165) is 24.2 Å². The standard InChI is InChI=1S/C10H15N3O/c1-7(2)13-5-4-9-8(10(13)14)6-11-12(9)3/h6-7H,4-5H2,1-3H3. The molecule has 2 heterocycles. The van der Waals surface area contributed by atoms with Crippen LogP contribution in [0.5, 0.6) is 0 Å². The zero-order valence-corrected chi connectivity index (χ0v) is 8.82. The van der Waals surface area contributed by atoms with Gasteiger partial charge in [0.2, 0.25) is 0 Å². The fourth-order valence-corrected chi connectivity index (χ4v) is 1.91. The Bertz CT molecular complexity index is 367. The van der Waals surface area contributed by atoms with Gasteiger partial charge in [-0.2, -0.15) is 5.10 Å². The van der Waals surface area contributed by atoms with E-state index in [1.807, 2.05) is 25.8 Å². The minimum absolute atomic E-state index is 0.120. The second kappa shape index (κ2) is 3.12. The summed E-state index contributed by atoms with van der Waals surface area (Å²) in [5.74, 6) is 0.120. The molecule has 1 aromatic heterocycles. The van der Waals surface area contributed by atoms with Crippen LogP contribution in [0.3, 0.4) is 0 Å². The van der Waals surface area contributed by atoms with Crippen molar-refractivity contribution in [2.45, 2.75) is 26.3 Å². The fourth-order valence-electron chi connectivity index (χ4n) is 1.91. The average molecular weight is 193 g/mol. The molecule has 0 atom stereocenters. The summed E-state index contributed by atoms with van der Waals surface area (Å²) in [5.41, 5.74) is 1.83. The summed E-state index contributed by atoms with van der Waals surface area (Å²) in [5, 5.41) is 4.11. The van der Waals surface area contributed by atoms with Crippen molar-refractivity contribution in [3.05, 3.63) is 17.5 Å². The fraction of sp³-hybridized carbons (Fsp3) is 0.600. The van der Waals surface area contributed by atoms with Gasteiger partial charge < -0.3 is 4.90 Å². The van der Waals surface area contributed by atoms with E-state index in [9.17, 15) is 4.79 Å². The lowest BCUT2D eigenvalue weighted by molar-refractivity contribution is 0.0686. The van der Waals surface area contributed by atoms with Crippen molar-refractivity contribution in [2.75, 3.05) is 6.54 Å². The van der Waals surface area contributed by atoms with Gasteiger partial charge in [-0.25, -0.2) is 0 Å². The molecule has 1 aromatic rings. The lowest BCUT2D eigenvalue weighted by Gasteiger charge is -2.30. The Labute approximate surface area is 83.5 Å². The van der Waals surface area contributed by atoms with Gasteiger partial charge in [-0.1, -0.05) is 0 Å². The van der Waals surface area contributed by atoms with Crippen LogP contribution in [0.15, 0.2) is 6.20 Å². The van der Waals surface area contributed by atoms with Gasteiger partial charge in [0.15, 0.2) is 0 Å². The molecule has 14 heavy (non-hydrogen) atoms. The molecule has 1 aliphatic rings. The summed E-state index contributed by atoms with van der Waals surface area (Å²) < 4.78 is 1.80. The topological polar surface area (TPSA) is 38.1 Å². The molecule has 4 nitrogen and oxygen atoms in total. The third kappa shape index (κ3) is 1.22. The van der Waals surface area contributed by atoms with Crippen LogP contribution in [0.4, 0.5) is 0 Å². The zero-order chi connectivity index (χ0) is 10.3. The number of aromatic nitrogens is 2. The maximum Gasteiger partial charge on any atom is 0.257 e. The van der Waals surface area contributed by atoms with Crippen LogP contribution in [0, 0.1) is 0 Å². The Morgan fingerprint density at radius 3 is 2.86 bits per heavy atom. The van der Waals surface area contributed by atoms with Gasteiger partial charge in [-0.05, 0) is 13.8 Å². The SMILES string of the molecule is CC(C)N1CCc2c(cnn2C)C1=O. The normalized spacial score (nSPS) is 16.3. The van der Waals surface area contributed by atoms with Crippen molar-refractivity contribution in [2.24, 2.45) is 7.05 Å². The molecule has 0 unspecified atom stereocenters. The number of hydrogen-bond acceptors (Lipinski definition) is 2. The van der Waals surface area contributed by atoms with E-state index in [4.69, 9.17) is 0 Å². The minimum Gasteiger partial charge on any atom is -0.336 e. The van der Waals surface area contributed by atoms with Gasteiger partial charge in [-0.3, -0.25) is 9.48 Å². The Morgan fingerprint density at radius 1 is 1.50 bits per heavy atom. The predicted molar refractivity (Wildman–Crippen MR) is 53.1 cm³/mol. The summed E-state index contributed by atoms with van der Waals surface area (Å²) in [6.07, 6.45) is 2.59. The quantitative estimate of drug-likeness (QED) is 0.662. The van der Waals surface area contributed by atoms with E-state index in [1.165, 1.54) is 0 Å². The summed E-state index contributed by atoms with van der Waals surface area (Å²) in [4.78, 5) is 13.8. The van der Waals surface area contributed by atoms with Gasteiger partial charge in [0.1, 0.15) is 0 Å². The van der Waals surface area contributed by atoms with Gasteiger partial charge in [0.25, 0.3) is 5.91 Å². The first-order valence-electron chi connectivity index (χ1n) is 4.93. The van der Waals surface area contributed by atoms with Crippen molar-refractivity contribution in [3.63, 3.8) is 0 Å². The van der Waals surface area contributed by atoms with Crippen LogP contribution in [0.25, 0.3) is 0 Å². The van der Waals surface area contributed by atoms with Crippen molar-refractivity contribution >= 4 is 5.91 Å². The molecule has 1 amide bonds. The predicted octanol–water partition coefficient (Wildman–Crippen LogP) is 0.827. The third-order valence-electron chi connectivity index (χ3n) is 2.77. The number of hydrogen-bond donors (Lipinski definition) is 0. The zero-order valence-electron chi connectivity index (χ0n) is 8.82. The second-order valence-corrected chi connectivity index (χ2v) is 3.97. The lowest BCUT2D eigenvalue weighted by Crippen LogP contribution is -2.42. The molecular weight excluding hydrogens is 178 g/mol. The van der Waals surface area contributed by atoms with Crippen LogP contribution in [-0.4, -0.2) is 33.2 Å². The van der Waals surface area contributed by atoms with Crippen molar-refractivity contribution < 1.29 is 4.79 Å². The number of amides is 1. The first-order chi connectivity index (χ1) is 6.61. The summed E-state index contributed by atoms with van der Waals surface area (Å²) in [6.45, 7) is 4.89. The number of rotatable bonds is 1. The van der Waals surface area contributed by atoms with E-state index in [-0.39, 0.29) is 11.9 Å². The van der Waals surface area contributed by atoms with Crippen LogP contribution < -0.4 is 0 Å². The first-order valence-corrected chi connectivity index (χ1v) is 4.93. The van der Waals surface area contributed by atoms with Crippen LogP contribution in [0.1, 0.15) is 29.9 Å². The van der Waals surface area contributed by atoms with E-state index in [0.29, 0.717) is 0 Å². The lowest BCUT2D eigenvalue weighted by atomic mass is 10.1. The highest BCUT2D eigenvalue weighted by molar-refractivity contribution is 5.96. The molecule has 1 aliphatic heterocycles. The van der Waals surface area contributed by atoms with Crippen molar-refractivity contribution in [1.82, 2.24) is 14.7 Å². The molecular formula is C10H15N3O. The average Bonchev–Trinajstić information content (AvgIpc) is 2.49. The summed E-state index contributed by atoms with van der Waals surface area (Å²) in [6, 6.07) is 0.274. The Kier molecular flexibility index (Phi) is 2.06. The summed E-state index contributed by atoms with van der Waals surface area (Å²) >= 11 is 0. The van der Waals surface area contributed by atoms with E-state index in [1.54, 1.807) is 10.9 Å². The molecule has 0 radical (unpaired) electrons. The molecule has 0 aliphatic carbocycles. The number of fused-ring (bicyclic) bond motifs is 1. The van der Waals surface area contributed by atoms with Gasteiger partial charge in [0, 0.05) is 26.1 Å². The summed E-state index contributed by atoms with van der Waals surface area (Å²) in [7, 11) is 1.89. The molecule has 0 N–H and O–H groups in total. The van der Waals surface area contributed by atoms with Crippen molar-refractivity contribution in [3.8, 4) is 0 Å². The Morgan fingerprint density at radius 2 is 2.21 bits per heavy atom. The molecule has 0 fully saturated rings. The van der Waals surface area contributed by atoms with Crippen LogP contribution in [-0.2, 0) is 13.5 Å². The second-order valence-electron chi connectivity index (χ2n) is 3.97. The maximum atomic E-state index is 11.9.